The molecule has 4 aliphatic rings. The van der Waals surface area contributed by atoms with E-state index in [0.29, 0.717) is 19.3 Å². The van der Waals surface area contributed by atoms with E-state index in [1.54, 1.807) is 6.92 Å². The minimum Gasteiger partial charge on any atom is -0.295 e. The van der Waals surface area contributed by atoms with Crippen LogP contribution in [0, 0.1) is 50.7 Å². The highest BCUT2D eigenvalue weighted by Gasteiger charge is 2.63. The van der Waals surface area contributed by atoms with Crippen molar-refractivity contribution in [3.8, 4) is 6.07 Å². The van der Waals surface area contributed by atoms with Gasteiger partial charge >= 0.3 is 0 Å². The SMILES string of the molecule is C[C@@H]1C(=O)C(C#N)=C[C@]2(C)C3=CC(=O)C4CCC(C)(C)CC[C@](C)(F)CC[C@@]4(C)[C@]3(C)CC[C@@H]12. The number of carbonyl (C=O) groups excluding carboxylic acids is 2. The summed E-state index contributed by atoms with van der Waals surface area (Å²) in [6, 6.07) is 2.13. The smallest absolute Gasteiger partial charge is 0.176 e. The van der Waals surface area contributed by atoms with Gasteiger partial charge in [-0.05, 0) is 86.5 Å². The van der Waals surface area contributed by atoms with Gasteiger partial charge in [0.15, 0.2) is 11.6 Å². The van der Waals surface area contributed by atoms with Crippen LogP contribution in [0.1, 0.15) is 99.8 Å². The van der Waals surface area contributed by atoms with Crippen LogP contribution in [0.5, 0.6) is 0 Å². The second kappa shape index (κ2) is 7.87. The van der Waals surface area contributed by atoms with E-state index in [1.165, 1.54) is 0 Å². The number of allylic oxidation sites excluding steroid dienone is 4. The van der Waals surface area contributed by atoms with Crippen molar-refractivity contribution in [1.29, 1.82) is 5.26 Å². The molecule has 0 saturated heterocycles. The number of hydrogen-bond donors (Lipinski definition) is 0. The van der Waals surface area contributed by atoms with E-state index in [1.807, 2.05) is 19.1 Å². The minimum atomic E-state index is -1.25. The summed E-state index contributed by atoms with van der Waals surface area (Å²) >= 11 is 0. The molecule has 2 saturated carbocycles. The number of halogens is 1. The molecule has 186 valence electrons. The summed E-state index contributed by atoms with van der Waals surface area (Å²) in [5, 5.41) is 9.70. The van der Waals surface area contributed by atoms with Gasteiger partial charge in [-0.3, -0.25) is 9.59 Å². The number of hydrogen-bond acceptors (Lipinski definition) is 3. The highest BCUT2D eigenvalue weighted by atomic mass is 19.1. The molecule has 4 heteroatoms. The summed E-state index contributed by atoms with van der Waals surface area (Å²) < 4.78 is 15.7. The van der Waals surface area contributed by atoms with Gasteiger partial charge in [0, 0.05) is 17.3 Å². The van der Waals surface area contributed by atoms with Gasteiger partial charge in [0.1, 0.15) is 11.7 Å². The van der Waals surface area contributed by atoms with E-state index in [9.17, 15) is 14.9 Å². The first-order valence-electron chi connectivity index (χ1n) is 13.2. The van der Waals surface area contributed by atoms with Crippen LogP contribution in [0.2, 0.25) is 0 Å². The first-order valence-corrected chi connectivity index (χ1v) is 13.2. The number of nitrogens with zero attached hydrogens (tertiary/aromatic N) is 1. The molecule has 2 fully saturated rings. The fraction of sp³-hybridized carbons (Fsp3) is 0.767. The van der Waals surface area contributed by atoms with E-state index in [0.717, 1.165) is 37.7 Å². The van der Waals surface area contributed by atoms with Crippen molar-refractivity contribution in [3.05, 3.63) is 23.3 Å². The molecular formula is C30H42FNO2. The Hall–Kier alpha value is -1.76. The maximum Gasteiger partial charge on any atom is 0.176 e. The van der Waals surface area contributed by atoms with Crippen molar-refractivity contribution in [2.75, 3.05) is 0 Å². The van der Waals surface area contributed by atoms with Gasteiger partial charge < -0.3 is 0 Å². The monoisotopic (exact) mass is 467 g/mol. The number of alkyl halides is 1. The summed E-state index contributed by atoms with van der Waals surface area (Å²) in [7, 11) is 0. The number of carbonyl (C=O) groups is 2. The first kappa shape index (κ1) is 25.3. The molecule has 0 bridgehead atoms. The quantitative estimate of drug-likeness (QED) is 0.375. The zero-order valence-corrected chi connectivity index (χ0v) is 22.2. The Labute approximate surface area is 205 Å². The molecule has 0 aromatic carbocycles. The lowest BCUT2D eigenvalue weighted by atomic mass is 9.39. The second-order valence-electron chi connectivity index (χ2n) is 13.6. The summed E-state index contributed by atoms with van der Waals surface area (Å²) in [6.07, 6.45) is 9.79. The fourth-order valence-electron chi connectivity index (χ4n) is 8.18. The molecule has 0 amide bonds. The Bertz CT molecular complexity index is 1010. The lowest BCUT2D eigenvalue weighted by Crippen LogP contribution is -2.58. The van der Waals surface area contributed by atoms with Crippen molar-refractivity contribution in [2.24, 2.45) is 39.4 Å². The molecule has 0 aromatic rings. The van der Waals surface area contributed by atoms with Crippen LogP contribution in [0.3, 0.4) is 0 Å². The predicted octanol–water partition coefficient (Wildman–Crippen LogP) is 7.32. The molecule has 0 radical (unpaired) electrons. The first-order chi connectivity index (χ1) is 15.6. The van der Waals surface area contributed by atoms with Crippen molar-refractivity contribution in [2.45, 2.75) is 106 Å². The Morgan fingerprint density at radius 1 is 0.941 bits per heavy atom. The van der Waals surface area contributed by atoms with Crippen LogP contribution in [-0.4, -0.2) is 17.2 Å². The number of ketones is 2. The molecule has 4 aliphatic carbocycles. The largest absolute Gasteiger partial charge is 0.295 e. The zero-order chi connectivity index (χ0) is 25.3. The third kappa shape index (κ3) is 3.64. The third-order valence-corrected chi connectivity index (χ3v) is 11.0. The topological polar surface area (TPSA) is 57.9 Å². The van der Waals surface area contributed by atoms with E-state index in [4.69, 9.17) is 0 Å². The number of rotatable bonds is 0. The van der Waals surface area contributed by atoms with Gasteiger partial charge in [0.2, 0.25) is 0 Å². The molecule has 0 heterocycles. The highest BCUT2D eigenvalue weighted by Crippen LogP contribution is 2.69. The Balaban J connectivity index is 1.87. The Morgan fingerprint density at radius 2 is 1.59 bits per heavy atom. The zero-order valence-electron chi connectivity index (χ0n) is 22.2. The molecule has 0 N–H and O–H groups in total. The molecule has 1 unspecified atom stereocenters. The molecule has 4 rings (SSSR count). The van der Waals surface area contributed by atoms with Crippen LogP contribution in [-0.2, 0) is 9.59 Å². The van der Waals surface area contributed by atoms with Crippen molar-refractivity contribution >= 4 is 11.6 Å². The molecule has 7 atom stereocenters. The van der Waals surface area contributed by atoms with Gasteiger partial charge in [-0.25, -0.2) is 4.39 Å². The number of fused-ring (bicyclic) bond motifs is 5. The fourth-order valence-corrected chi connectivity index (χ4v) is 8.18. The average molecular weight is 468 g/mol. The van der Waals surface area contributed by atoms with Gasteiger partial charge in [0.05, 0.1) is 5.57 Å². The Kier molecular flexibility index (Phi) is 5.87. The van der Waals surface area contributed by atoms with Gasteiger partial charge in [-0.2, -0.15) is 5.26 Å². The van der Waals surface area contributed by atoms with Gasteiger partial charge in [0.25, 0.3) is 0 Å². The highest BCUT2D eigenvalue weighted by molar-refractivity contribution is 6.02. The van der Waals surface area contributed by atoms with Crippen LogP contribution < -0.4 is 0 Å². The molecule has 34 heavy (non-hydrogen) atoms. The van der Waals surface area contributed by atoms with Gasteiger partial charge in [-0.15, -0.1) is 0 Å². The molecule has 0 spiro atoms. The maximum atomic E-state index is 15.7. The second-order valence-corrected chi connectivity index (χ2v) is 13.6. The van der Waals surface area contributed by atoms with E-state index >= 15 is 4.39 Å². The lowest BCUT2D eigenvalue weighted by Gasteiger charge is -2.63. The van der Waals surface area contributed by atoms with E-state index < -0.39 is 11.1 Å². The lowest BCUT2D eigenvalue weighted by molar-refractivity contribution is -0.136. The standard InChI is InChI=1S/C30H42FNO2/c1-19-21-9-11-30(7)24(28(21,5)17-20(18-32)25(19)34)16-23(33)22-8-10-26(2,3)12-13-27(4,31)14-15-29(22,30)6/h16-17,19,21-22H,8-15H2,1-7H3/t19-,21-,22?,27-,28-,29+,30+/m0/s1. The Morgan fingerprint density at radius 3 is 2.24 bits per heavy atom. The summed E-state index contributed by atoms with van der Waals surface area (Å²) in [6.45, 7) is 14.7. The van der Waals surface area contributed by atoms with Crippen molar-refractivity contribution < 1.29 is 14.0 Å². The molecular weight excluding hydrogens is 425 g/mol. The molecule has 0 aliphatic heterocycles. The third-order valence-electron chi connectivity index (χ3n) is 11.0. The normalized spacial score (nSPS) is 46.7. The summed E-state index contributed by atoms with van der Waals surface area (Å²) in [4.78, 5) is 26.7. The van der Waals surface area contributed by atoms with E-state index in [-0.39, 0.29) is 51.1 Å². The number of Topliss-reactive ketones (excluding diaryl/α,β-unsaturated/α-hetero) is 1. The van der Waals surface area contributed by atoms with Crippen LogP contribution in [0.15, 0.2) is 23.3 Å². The van der Waals surface area contributed by atoms with Crippen molar-refractivity contribution in [3.63, 3.8) is 0 Å². The van der Waals surface area contributed by atoms with E-state index in [2.05, 4.69) is 40.7 Å². The predicted molar refractivity (Wildman–Crippen MR) is 132 cm³/mol. The molecule has 0 aromatic heterocycles. The van der Waals surface area contributed by atoms with Gasteiger partial charge in [-0.1, -0.05) is 53.2 Å². The average Bonchev–Trinajstić information content (AvgIpc) is 2.75. The molecule has 3 nitrogen and oxygen atoms in total. The van der Waals surface area contributed by atoms with Crippen molar-refractivity contribution in [1.82, 2.24) is 0 Å². The van der Waals surface area contributed by atoms with Crippen LogP contribution in [0.4, 0.5) is 4.39 Å². The van der Waals surface area contributed by atoms with Crippen LogP contribution in [0.25, 0.3) is 0 Å². The minimum absolute atomic E-state index is 0.00398. The summed E-state index contributed by atoms with van der Waals surface area (Å²) in [5.41, 5.74) is -1.11. The summed E-state index contributed by atoms with van der Waals surface area (Å²) in [5.74, 6) is -0.208. The number of nitriles is 1. The maximum absolute atomic E-state index is 15.7. The van der Waals surface area contributed by atoms with Crippen LogP contribution >= 0.6 is 0 Å².